The van der Waals surface area contributed by atoms with Gasteiger partial charge in [-0.15, -0.1) is 0 Å². The Morgan fingerprint density at radius 1 is 0.950 bits per heavy atom. The molecule has 0 fully saturated rings. The van der Waals surface area contributed by atoms with Crippen LogP contribution in [0, 0.1) is 0 Å². The number of aromatic nitrogens is 2. The molecule has 3 N–H and O–H groups in total. The van der Waals surface area contributed by atoms with Crippen LogP contribution in [-0.4, -0.2) is 16.5 Å². The average Bonchev–Trinajstić information content (AvgIpc) is 2.45. The van der Waals surface area contributed by atoms with Crippen LogP contribution in [0.15, 0.2) is 6.07 Å². The lowest BCUT2D eigenvalue weighted by Crippen LogP contribution is -2.07. The summed E-state index contributed by atoms with van der Waals surface area (Å²) in [5.74, 6) is 2.22. The van der Waals surface area contributed by atoms with Crippen molar-refractivity contribution in [2.75, 3.05) is 17.6 Å². The molecule has 1 aromatic heterocycles. The van der Waals surface area contributed by atoms with Crippen LogP contribution < -0.4 is 11.1 Å². The number of hydrogen-bond acceptors (Lipinski definition) is 4. The molecule has 0 bridgehead atoms. The van der Waals surface area contributed by atoms with E-state index in [0.29, 0.717) is 5.82 Å². The largest absolute Gasteiger partial charge is 0.384 e. The number of hydrogen-bond donors (Lipinski definition) is 2. The number of rotatable bonds is 11. The first-order chi connectivity index (χ1) is 9.76. The van der Waals surface area contributed by atoms with Crippen molar-refractivity contribution in [1.29, 1.82) is 0 Å². The van der Waals surface area contributed by atoms with Crippen molar-refractivity contribution in [3.05, 3.63) is 11.9 Å². The van der Waals surface area contributed by atoms with Gasteiger partial charge < -0.3 is 11.1 Å². The summed E-state index contributed by atoms with van der Waals surface area (Å²) in [5.41, 5.74) is 5.75. The van der Waals surface area contributed by atoms with Gasteiger partial charge in [0.1, 0.15) is 17.5 Å². The fourth-order valence-electron chi connectivity index (χ4n) is 2.24. The van der Waals surface area contributed by atoms with Gasteiger partial charge in [0.15, 0.2) is 0 Å². The molecule has 0 saturated carbocycles. The molecule has 1 rings (SSSR count). The predicted octanol–water partition coefficient (Wildman–Crippen LogP) is 4.17. The Balaban J connectivity index is 2.08. The van der Waals surface area contributed by atoms with Gasteiger partial charge in [-0.2, -0.15) is 0 Å². The minimum absolute atomic E-state index is 0.551. The Morgan fingerprint density at radius 2 is 1.60 bits per heavy atom. The summed E-state index contributed by atoms with van der Waals surface area (Å²) < 4.78 is 0. The van der Waals surface area contributed by atoms with E-state index in [4.69, 9.17) is 5.73 Å². The van der Waals surface area contributed by atoms with E-state index in [0.717, 1.165) is 24.6 Å². The summed E-state index contributed by atoms with van der Waals surface area (Å²) >= 11 is 0. The van der Waals surface area contributed by atoms with Gasteiger partial charge in [-0.1, -0.05) is 58.8 Å². The molecular weight excluding hydrogens is 248 g/mol. The molecule has 4 nitrogen and oxygen atoms in total. The highest BCUT2D eigenvalue weighted by atomic mass is 15.0. The summed E-state index contributed by atoms with van der Waals surface area (Å²) in [6.07, 6.45) is 11.5. The molecule has 0 amide bonds. The third-order valence-corrected chi connectivity index (χ3v) is 3.44. The first-order valence-electron chi connectivity index (χ1n) is 8.13. The smallest absolute Gasteiger partial charge is 0.132 e. The molecule has 0 unspecified atom stereocenters. The number of nitrogen functional groups attached to an aromatic ring is 1. The maximum atomic E-state index is 5.75. The van der Waals surface area contributed by atoms with E-state index in [2.05, 4.69) is 22.2 Å². The molecule has 4 heteroatoms. The van der Waals surface area contributed by atoms with Crippen LogP contribution in [0.5, 0.6) is 0 Å². The van der Waals surface area contributed by atoms with Gasteiger partial charge in [0.05, 0.1) is 0 Å². The van der Waals surface area contributed by atoms with E-state index in [1.165, 1.54) is 51.4 Å². The average molecular weight is 278 g/mol. The van der Waals surface area contributed by atoms with Crippen LogP contribution in [-0.2, 0) is 6.42 Å². The molecule has 0 spiro atoms. The van der Waals surface area contributed by atoms with E-state index in [-0.39, 0.29) is 0 Å². The van der Waals surface area contributed by atoms with E-state index in [9.17, 15) is 0 Å². The van der Waals surface area contributed by atoms with Crippen molar-refractivity contribution in [3.63, 3.8) is 0 Å². The second-order valence-electron chi connectivity index (χ2n) is 5.35. The van der Waals surface area contributed by atoms with E-state index in [1.807, 2.05) is 13.0 Å². The molecule has 0 radical (unpaired) electrons. The van der Waals surface area contributed by atoms with Crippen molar-refractivity contribution in [1.82, 2.24) is 9.97 Å². The number of nitrogens with zero attached hydrogens (tertiary/aromatic N) is 2. The Hall–Kier alpha value is -1.32. The normalized spacial score (nSPS) is 10.7. The maximum Gasteiger partial charge on any atom is 0.132 e. The molecule has 114 valence electrons. The van der Waals surface area contributed by atoms with E-state index >= 15 is 0 Å². The van der Waals surface area contributed by atoms with Crippen LogP contribution in [0.4, 0.5) is 11.6 Å². The van der Waals surface area contributed by atoms with Crippen molar-refractivity contribution >= 4 is 11.6 Å². The van der Waals surface area contributed by atoms with Crippen LogP contribution in [0.3, 0.4) is 0 Å². The number of nitrogens with two attached hydrogens (primary N) is 1. The zero-order valence-corrected chi connectivity index (χ0v) is 13.1. The third kappa shape index (κ3) is 7.31. The van der Waals surface area contributed by atoms with Gasteiger partial charge in [-0.25, -0.2) is 9.97 Å². The number of unbranched alkanes of at least 4 members (excludes halogenated alkanes) is 7. The summed E-state index contributed by atoms with van der Waals surface area (Å²) in [4.78, 5) is 8.59. The Labute approximate surface area is 123 Å². The first-order valence-corrected chi connectivity index (χ1v) is 8.13. The molecular formula is C16H30N4. The monoisotopic (exact) mass is 278 g/mol. The second-order valence-corrected chi connectivity index (χ2v) is 5.35. The zero-order chi connectivity index (χ0) is 14.6. The SMILES string of the molecule is CCCCCCCCCCNc1cc(N)nc(CC)n1. The summed E-state index contributed by atoms with van der Waals surface area (Å²) in [6.45, 7) is 5.27. The van der Waals surface area contributed by atoms with Gasteiger partial charge in [0.2, 0.25) is 0 Å². The zero-order valence-electron chi connectivity index (χ0n) is 13.1. The highest BCUT2D eigenvalue weighted by molar-refractivity contribution is 5.44. The molecule has 1 aromatic rings. The summed E-state index contributed by atoms with van der Waals surface area (Å²) in [5, 5.41) is 3.34. The third-order valence-electron chi connectivity index (χ3n) is 3.44. The Morgan fingerprint density at radius 3 is 2.25 bits per heavy atom. The van der Waals surface area contributed by atoms with E-state index < -0.39 is 0 Å². The molecule has 0 aromatic carbocycles. The lowest BCUT2D eigenvalue weighted by molar-refractivity contribution is 0.581. The molecule has 0 atom stereocenters. The molecule has 0 aliphatic heterocycles. The van der Waals surface area contributed by atoms with Gasteiger partial charge in [-0.3, -0.25) is 0 Å². The predicted molar refractivity (Wildman–Crippen MR) is 86.9 cm³/mol. The van der Waals surface area contributed by atoms with Gasteiger partial charge in [0, 0.05) is 19.0 Å². The minimum atomic E-state index is 0.551. The second kappa shape index (κ2) is 10.5. The highest BCUT2D eigenvalue weighted by Crippen LogP contribution is 2.11. The van der Waals surface area contributed by atoms with Gasteiger partial charge >= 0.3 is 0 Å². The molecule has 20 heavy (non-hydrogen) atoms. The molecule has 0 saturated heterocycles. The standard InChI is InChI=1S/C16H30N4/c1-3-5-6-7-8-9-10-11-12-18-16-13-14(17)19-15(4-2)20-16/h13H,3-12H2,1-2H3,(H3,17,18,19,20). The van der Waals surface area contributed by atoms with Crippen LogP contribution in [0.2, 0.25) is 0 Å². The van der Waals surface area contributed by atoms with Crippen molar-refractivity contribution in [2.24, 2.45) is 0 Å². The summed E-state index contributed by atoms with van der Waals surface area (Å²) in [6, 6.07) is 1.81. The lowest BCUT2D eigenvalue weighted by Gasteiger charge is -2.07. The fraction of sp³-hybridized carbons (Fsp3) is 0.750. The summed E-state index contributed by atoms with van der Waals surface area (Å²) in [7, 11) is 0. The Kier molecular flexibility index (Phi) is 8.76. The maximum absolute atomic E-state index is 5.75. The van der Waals surface area contributed by atoms with E-state index in [1.54, 1.807) is 0 Å². The molecule has 0 aliphatic carbocycles. The Bertz CT molecular complexity index is 365. The quantitative estimate of drug-likeness (QED) is 0.596. The van der Waals surface area contributed by atoms with Gasteiger partial charge in [-0.05, 0) is 6.42 Å². The highest BCUT2D eigenvalue weighted by Gasteiger charge is 2.00. The first kappa shape index (κ1) is 16.7. The molecule has 1 heterocycles. The number of nitrogens with one attached hydrogen (secondary N) is 1. The molecule has 0 aliphatic rings. The van der Waals surface area contributed by atoms with Gasteiger partial charge in [0.25, 0.3) is 0 Å². The minimum Gasteiger partial charge on any atom is -0.384 e. The van der Waals surface area contributed by atoms with Crippen LogP contribution in [0.1, 0.15) is 71.0 Å². The fourth-order valence-corrected chi connectivity index (χ4v) is 2.24. The van der Waals surface area contributed by atoms with Crippen molar-refractivity contribution in [2.45, 2.75) is 71.6 Å². The number of anilines is 2. The van der Waals surface area contributed by atoms with Crippen molar-refractivity contribution < 1.29 is 0 Å². The van der Waals surface area contributed by atoms with Crippen LogP contribution >= 0.6 is 0 Å². The van der Waals surface area contributed by atoms with Crippen molar-refractivity contribution in [3.8, 4) is 0 Å². The topological polar surface area (TPSA) is 63.8 Å². The number of aryl methyl sites for hydroxylation is 1. The van der Waals surface area contributed by atoms with Crippen LogP contribution in [0.25, 0.3) is 0 Å². The lowest BCUT2D eigenvalue weighted by atomic mass is 10.1.